The highest BCUT2D eigenvalue weighted by molar-refractivity contribution is 5.28. The molecule has 0 aliphatic carbocycles. The predicted molar refractivity (Wildman–Crippen MR) is 72.2 cm³/mol. The van der Waals surface area contributed by atoms with Gasteiger partial charge in [0.25, 0.3) is 0 Å². The zero-order chi connectivity index (χ0) is 12.9. The minimum atomic E-state index is 0.392. The monoisotopic (exact) mass is 263 g/mol. The zero-order valence-electron chi connectivity index (χ0n) is 11.2. The SMILES string of the molecule is c1cnc(N2CCC(OC3CCOCC3)CC2)nc1. The Kier molecular flexibility index (Phi) is 4.25. The van der Waals surface area contributed by atoms with Gasteiger partial charge in [-0.2, -0.15) is 0 Å². The minimum Gasteiger partial charge on any atom is -0.381 e. The van der Waals surface area contributed by atoms with E-state index in [1.54, 1.807) is 12.4 Å². The van der Waals surface area contributed by atoms with Crippen molar-refractivity contribution in [3.63, 3.8) is 0 Å². The lowest BCUT2D eigenvalue weighted by Gasteiger charge is -2.34. The van der Waals surface area contributed by atoms with E-state index < -0.39 is 0 Å². The summed E-state index contributed by atoms with van der Waals surface area (Å²) in [5.41, 5.74) is 0. The molecule has 2 saturated heterocycles. The summed E-state index contributed by atoms with van der Waals surface area (Å²) < 4.78 is 11.5. The lowest BCUT2D eigenvalue weighted by molar-refractivity contribution is -0.0744. The summed E-state index contributed by atoms with van der Waals surface area (Å²) in [6, 6.07) is 1.85. The van der Waals surface area contributed by atoms with Crippen LogP contribution in [-0.2, 0) is 9.47 Å². The van der Waals surface area contributed by atoms with Crippen molar-refractivity contribution in [2.45, 2.75) is 37.9 Å². The second-order valence-electron chi connectivity index (χ2n) is 5.18. The maximum absolute atomic E-state index is 6.17. The van der Waals surface area contributed by atoms with Crippen LogP contribution in [0.5, 0.6) is 0 Å². The molecule has 3 heterocycles. The van der Waals surface area contributed by atoms with Gasteiger partial charge in [0.05, 0.1) is 12.2 Å². The van der Waals surface area contributed by atoms with Crippen LogP contribution in [0.4, 0.5) is 5.95 Å². The maximum Gasteiger partial charge on any atom is 0.225 e. The molecule has 0 atom stereocenters. The normalized spacial score (nSPS) is 22.6. The molecule has 0 aromatic carbocycles. The highest BCUT2D eigenvalue weighted by atomic mass is 16.5. The molecule has 0 unspecified atom stereocenters. The van der Waals surface area contributed by atoms with Crippen molar-refractivity contribution in [3.05, 3.63) is 18.5 Å². The Labute approximate surface area is 113 Å². The van der Waals surface area contributed by atoms with Crippen LogP contribution in [-0.4, -0.2) is 48.5 Å². The predicted octanol–water partition coefficient (Wildman–Crippen LogP) is 1.64. The van der Waals surface area contributed by atoms with E-state index in [9.17, 15) is 0 Å². The number of ether oxygens (including phenoxy) is 2. The van der Waals surface area contributed by atoms with Crippen LogP contribution in [0.1, 0.15) is 25.7 Å². The van der Waals surface area contributed by atoms with Crippen molar-refractivity contribution >= 4 is 5.95 Å². The molecule has 5 nitrogen and oxygen atoms in total. The van der Waals surface area contributed by atoms with Gasteiger partial charge in [0.2, 0.25) is 5.95 Å². The van der Waals surface area contributed by atoms with E-state index in [4.69, 9.17) is 9.47 Å². The van der Waals surface area contributed by atoms with Crippen molar-refractivity contribution in [2.75, 3.05) is 31.2 Å². The molecule has 2 fully saturated rings. The number of hydrogen-bond acceptors (Lipinski definition) is 5. The highest BCUT2D eigenvalue weighted by Gasteiger charge is 2.24. The van der Waals surface area contributed by atoms with Crippen LogP contribution in [0.2, 0.25) is 0 Å². The zero-order valence-corrected chi connectivity index (χ0v) is 11.2. The van der Waals surface area contributed by atoms with Gasteiger partial charge in [-0.1, -0.05) is 0 Å². The minimum absolute atomic E-state index is 0.392. The number of anilines is 1. The van der Waals surface area contributed by atoms with Crippen molar-refractivity contribution in [1.29, 1.82) is 0 Å². The fourth-order valence-corrected chi connectivity index (χ4v) is 2.73. The Morgan fingerprint density at radius 2 is 1.63 bits per heavy atom. The average molecular weight is 263 g/mol. The topological polar surface area (TPSA) is 47.5 Å². The van der Waals surface area contributed by atoms with E-state index in [0.717, 1.165) is 57.9 Å². The summed E-state index contributed by atoms with van der Waals surface area (Å²) in [7, 11) is 0. The smallest absolute Gasteiger partial charge is 0.225 e. The molecular weight excluding hydrogens is 242 g/mol. The fraction of sp³-hybridized carbons (Fsp3) is 0.714. The highest BCUT2D eigenvalue weighted by Crippen LogP contribution is 2.21. The van der Waals surface area contributed by atoms with Crippen LogP contribution in [0.3, 0.4) is 0 Å². The number of rotatable bonds is 3. The Morgan fingerprint density at radius 3 is 2.32 bits per heavy atom. The van der Waals surface area contributed by atoms with E-state index in [0.29, 0.717) is 12.2 Å². The van der Waals surface area contributed by atoms with Gasteiger partial charge < -0.3 is 14.4 Å². The summed E-state index contributed by atoms with van der Waals surface area (Å²) in [5, 5.41) is 0. The van der Waals surface area contributed by atoms with Crippen molar-refractivity contribution < 1.29 is 9.47 Å². The van der Waals surface area contributed by atoms with Gasteiger partial charge in [0.15, 0.2) is 0 Å². The van der Waals surface area contributed by atoms with Gasteiger partial charge in [-0.05, 0) is 31.7 Å². The second-order valence-corrected chi connectivity index (χ2v) is 5.18. The molecule has 1 aromatic heterocycles. The molecule has 2 aliphatic heterocycles. The molecule has 0 N–H and O–H groups in total. The molecule has 3 rings (SSSR count). The molecular formula is C14H21N3O2. The van der Waals surface area contributed by atoms with Crippen LogP contribution < -0.4 is 4.90 Å². The summed E-state index contributed by atoms with van der Waals surface area (Å²) >= 11 is 0. The summed E-state index contributed by atoms with van der Waals surface area (Å²) in [6.45, 7) is 3.67. The van der Waals surface area contributed by atoms with Crippen LogP contribution in [0.25, 0.3) is 0 Å². The Balaban J connectivity index is 1.46. The van der Waals surface area contributed by atoms with Gasteiger partial charge in [-0.15, -0.1) is 0 Å². The van der Waals surface area contributed by atoms with Crippen LogP contribution >= 0.6 is 0 Å². The van der Waals surface area contributed by atoms with Gasteiger partial charge in [-0.3, -0.25) is 0 Å². The molecule has 1 aromatic rings. The molecule has 5 heteroatoms. The number of nitrogens with zero attached hydrogens (tertiary/aromatic N) is 3. The molecule has 19 heavy (non-hydrogen) atoms. The van der Waals surface area contributed by atoms with Gasteiger partial charge >= 0.3 is 0 Å². The number of hydrogen-bond donors (Lipinski definition) is 0. The average Bonchev–Trinajstić information content (AvgIpc) is 2.50. The fourth-order valence-electron chi connectivity index (χ4n) is 2.73. The van der Waals surface area contributed by atoms with Gasteiger partial charge in [0.1, 0.15) is 0 Å². The van der Waals surface area contributed by atoms with Crippen molar-refractivity contribution in [2.24, 2.45) is 0 Å². The summed E-state index contributed by atoms with van der Waals surface area (Å²) in [4.78, 5) is 10.8. The van der Waals surface area contributed by atoms with E-state index in [2.05, 4.69) is 14.9 Å². The summed E-state index contributed by atoms with van der Waals surface area (Å²) in [5.74, 6) is 0.840. The third-order valence-corrected chi connectivity index (χ3v) is 3.83. The first-order valence-corrected chi connectivity index (χ1v) is 7.17. The molecule has 0 spiro atoms. The van der Waals surface area contributed by atoms with Crippen LogP contribution in [0, 0.1) is 0 Å². The maximum atomic E-state index is 6.17. The third kappa shape index (κ3) is 3.42. The first kappa shape index (κ1) is 12.8. The second kappa shape index (κ2) is 6.30. The first-order valence-electron chi connectivity index (χ1n) is 7.17. The van der Waals surface area contributed by atoms with E-state index >= 15 is 0 Å². The molecule has 0 bridgehead atoms. The molecule has 0 amide bonds. The van der Waals surface area contributed by atoms with E-state index in [-0.39, 0.29) is 0 Å². The molecule has 0 saturated carbocycles. The van der Waals surface area contributed by atoms with E-state index in [1.165, 1.54) is 0 Å². The first-order chi connectivity index (χ1) is 9.42. The largest absolute Gasteiger partial charge is 0.381 e. The van der Waals surface area contributed by atoms with Gasteiger partial charge in [0, 0.05) is 38.7 Å². The van der Waals surface area contributed by atoms with Crippen LogP contribution in [0.15, 0.2) is 18.5 Å². The lowest BCUT2D eigenvalue weighted by Crippen LogP contribution is -2.40. The molecule has 104 valence electrons. The Hall–Kier alpha value is -1.20. The van der Waals surface area contributed by atoms with Crippen molar-refractivity contribution in [1.82, 2.24) is 9.97 Å². The summed E-state index contributed by atoms with van der Waals surface area (Å²) in [6.07, 6.45) is 8.61. The standard InChI is InChI=1S/C14H21N3O2/c1-6-15-14(16-7-1)17-8-2-12(3-9-17)19-13-4-10-18-11-5-13/h1,6-7,12-13H,2-5,8-11H2. The quantitative estimate of drug-likeness (QED) is 0.829. The number of aromatic nitrogens is 2. The lowest BCUT2D eigenvalue weighted by atomic mass is 10.1. The molecule has 2 aliphatic rings. The Bertz CT molecular complexity index is 374. The van der Waals surface area contributed by atoms with E-state index in [1.807, 2.05) is 6.07 Å². The third-order valence-electron chi connectivity index (χ3n) is 3.83. The molecule has 0 radical (unpaired) electrons. The van der Waals surface area contributed by atoms with Crippen molar-refractivity contribution in [3.8, 4) is 0 Å². The van der Waals surface area contributed by atoms with Gasteiger partial charge in [-0.25, -0.2) is 9.97 Å². The Morgan fingerprint density at radius 1 is 1.00 bits per heavy atom. The number of piperidine rings is 1.